The van der Waals surface area contributed by atoms with Crippen LogP contribution in [0.1, 0.15) is 22.3 Å². The zero-order chi connectivity index (χ0) is 43.3. The second-order valence-electron chi connectivity index (χ2n) is 17.6. The molecular weight excluding hydrogens is 801 g/mol. The second-order valence-corrected chi connectivity index (χ2v) is 17.6. The number of benzene rings is 10. The highest BCUT2D eigenvalue weighted by Gasteiger charge is 2.52. The maximum absolute atomic E-state index is 6.29. The monoisotopic (exact) mass is 838 g/mol. The van der Waals surface area contributed by atoms with Crippen LogP contribution < -0.4 is 0 Å². The number of hydrogen-bond donors (Lipinski definition) is 0. The summed E-state index contributed by atoms with van der Waals surface area (Å²) in [6.07, 6.45) is 0. The third-order valence-electron chi connectivity index (χ3n) is 14.1. The lowest BCUT2D eigenvalue weighted by molar-refractivity contribution is 0.669. The fourth-order valence-electron chi connectivity index (χ4n) is 11.3. The van der Waals surface area contributed by atoms with E-state index < -0.39 is 5.41 Å². The summed E-state index contributed by atoms with van der Waals surface area (Å²) in [5.74, 6) is 0.682. The van der Waals surface area contributed by atoms with E-state index in [1.165, 1.54) is 60.8 Å². The Balaban J connectivity index is 1.03. The van der Waals surface area contributed by atoms with Crippen molar-refractivity contribution in [2.45, 2.75) is 5.41 Å². The third-order valence-corrected chi connectivity index (χ3v) is 14.1. The summed E-state index contributed by atoms with van der Waals surface area (Å²) < 4.78 is 6.29. The Morgan fingerprint density at radius 2 is 0.864 bits per heavy atom. The van der Waals surface area contributed by atoms with Gasteiger partial charge in [0.25, 0.3) is 0 Å². The van der Waals surface area contributed by atoms with Gasteiger partial charge in [0.2, 0.25) is 0 Å². The van der Waals surface area contributed by atoms with E-state index in [9.17, 15) is 0 Å². The van der Waals surface area contributed by atoms with Gasteiger partial charge in [-0.15, -0.1) is 0 Å². The van der Waals surface area contributed by atoms with Gasteiger partial charge in [-0.1, -0.05) is 188 Å². The van der Waals surface area contributed by atoms with Crippen molar-refractivity contribution in [2.75, 3.05) is 0 Å². The van der Waals surface area contributed by atoms with Crippen LogP contribution in [0.25, 0.3) is 111 Å². The predicted molar refractivity (Wildman–Crippen MR) is 270 cm³/mol. The minimum absolute atomic E-state index is 0.462. The summed E-state index contributed by atoms with van der Waals surface area (Å²) >= 11 is 0. The Hall–Kier alpha value is -8.66. The van der Waals surface area contributed by atoms with E-state index in [2.05, 4.69) is 212 Å². The number of fused-ring (bicyclic) bond motifs is 14. The molecule has 66 heavy (non-hydrogen) atoms. The Kier molecular flexibility index (Phi) is 7.90. The van der Waals surface area contributed by atoms with Gasteiger partial charge in [-0.3, -0.25) is 0 Å². The molecule has 2 aliphatic carbocycles. The number of nitrogens with zero attached hydrogens (tertiary/aromatic N) is 2. The van der Waals surface area contributed by atoms with Crippen molar-refractivity contribution < 1.29 is 4.42 Å². The lowest BCUT2D eigenvalue weighted by atomic mass is 9.70. The largest absolute Gasteiger partial charge is 0.456 e. The van der Waals surface area contributed by atoms with Gasteiger partial charge in [-0.2, -0.15) is 0 Å². The first-order chi connectivity index (χ1) is 32.7. The molecule has 306 valence electrons. The van der Waals surface area contributed by atoms with Gasteiger partial charge in [-0.05, 0) is 120 Å². The number of rotatable bonds is 5. The summed E-state index contributed by atoms with van der Waals surface area (Å²) in [5.41, 5.74) is 20.8. The SMILES string of the molecule is c1ccc(-c2nc(-c3cc(-c4ccc5oc6ccccc6c5c4)cc(-c4cccc5ccccc45)c3)cc(-c3cccc4c3-c3ccccc3C43c4ccccc4-c4ccccc43)n2)cc1. The van der Waals surface area contributed by atoms with Crippen molar-refractivity contribution >= 4 is 32.7 Å². The average molecular weight is 839 g/mol. The molecule has 0 fully saturated rings. The molecule has 3 heteroatoms. The van der Waals surface area contributed by atoms with E-state index in [0.717, 1.165) is 66.7 Å². The average Bonchev–Trinajstić information content (AvgIpc) is 4.02. The van der Waals surface area contributed by atoms with E-state index >= 15 is 0 Å². The van der Waals surface area contributed by atoms with Crippen molar-refractivity contribution in [2.24, 2.45) is 0 Å². The van der Waals surface area contributed by atoms with Crippen LogP contribution in [0, 0.1) is 0 Å². The van der Waals surface area contributed by atoms with E-state index in [0.29, 0.717) is 5.82 Å². The smallest absolute Gasteiger partial charge is 0.160 e. The Labute approximate surface area is 382 Å². The lowest BCUT2D eigenvalue weighted by Gasteiger charge is -2.30. The minimum atomic E-state index is -0.462. The number of aromatic nitrogens is 2. The Bertz CT molecular complexity index is 3900. The topological polar surface area (TPSA) is 38.9 Å². The highest BCUT2D eigenvalue weighted by molar-refractivity contribution is 6.07. The van der Waals surface area contributed by atoms with E-state index in [1.54, 1.807) is 0 Å². The summed E-state index contributed by atoms with van der Waals surface area (Å²) in [4.78, 5) is 10.9. The molecule has 3 nitrogen and oxygen atoms in total. The molecule has 12 aromatic rings. The quantitative estimate of drug-likeness (QED) is 0.173. The first-order valence-electron chi connectivity index (χ1n) is 22.6. The third kappa shape index (κ3) is 5.32. The maximum Gasteiger partial charge on any atom is 0.160 e. The highest BCUT2D eigenvalue weighted by atomic mass is 16.3. The molecule has 0 saturated carbocycles. The molecule has 0 radical (unpaired) electrons. The number of furan rings is 1. The zero-order valence-corrected chi connectivity index (χ0v) is 35.7. The van der Waals surface area contributed by atoms with Gasteiger partial charge < -0.3 is 4.42 Å². The van der Waals surface area contributed by atoms with Crippen LogP contribution in [0.5, 0.6) is 0 Å². The molecule has 0 aliphatic heterocycles. The van der Waals surface area contributed by atoms with Crippen molar-refractivity contribution in [1.29, 1.82) is 0 Å². The zero-order valence-electron chi connectivity index (χ0n) is 35.7. The molecule has 0 saturated heterocycles. The number of hydrogen-bond acceptors (Lipinski definition) is 3. The molecule has 10 aromatic carbocycles. The standard InChI is InChI=1S/C63H38N2O/c1-2-17-40(18-3-1)62-64-57(38-58(65-62)51-26-15-30-56-61(51)50-24-8-12-29-55(50)63(56)53-27-10-6-21-47(53)48-22-7-11-28-54(48)63)44-35-42(34-43(36-44)46-25-14-19-39-16-4-5-20-45(39)46)41-32-33-60-52(37-41)49-23-9-13-31-59(49)66-60/h1-38H. The molecule has 2 heterocycles. The highest BCUT2D eigenvalue weighted by Crippen LogP contribution is 2.64. The second kappa shape index (κ2) is 14.2. The van der Waals surface area contributed by atoms with Gasteiger partial charge in [0.15, 0.2) is 5.82 Å². The molecule has 0 amide bonds. The molecule has 2 aliphatic rings. The molecule has 0 atom stereocenters. The molecule has 0 N–H and O–H groups in total. The first-order valence-corrected chi connectivity index (χ1v) is 22.6. The minimum Gasteiger partial charge on any atom is -0.456 e. The van der Waals surface area contributed by atoms with Crippen LogP contribution in [-0.4, -0.2) is 9.97 Å². The molecule has 2 aromatic heterocycles. The number of para-hydroxylation sites is 1. The van der Waals surface area contributed by atoms with Crippen molar-refractivity contribution in [3.05, 3.63) is 253 Å². The van der Waals surface area contributed by atoms with Crippen molar-refractivity contribution in [3.8, 4) is 78.4 Å². The van der Waals surface area contributed by atoms with Crippen LogP contribution in [0.3, 0.4) is 0 Å². The summed E-state index contributed by atoms with van der Waals surface area (Å²) in [6.45, 7) is 0. The molecule has 0 bridgehead atoms. The van der Waals surface area contributed by atoms with E-state index in [1.807, 2.05) is 18.2 Å². The van der Waals surface area contributed by atoms with E-state index in [-0.39, 0.29) is 0 Å². The Morgan fingerprint density at radius 3 is 1.68 bits per heavy atom. The normalized spacial score (nSPS) is 13.0. The van der Waals surface area contributed by atoms with Gasteiger partial charge in [-0.25, -0.2) is 9.97 Å². The van der Waals surface area contributed by atoms with Crippen LogP contribution >= 0.6 is 0 Å². The van der Waals surface area contributed by atoms with Crippen LogP contribution in [-0.2, 0) is 5.41 Å². The van der Waals surface area contributed by atoms with Gasteiger partial charge in [0, 0.05) is 27.5 Å². The summed E-state index contributed by atoms with van der Waals surface area (Å²) in [7, 11) is 0. The van der Waals surface area contributed by atoms with Crippen molar-refractivity contribution in [1.82, 2.24) is 9.97 Å². The molecule has 1 spiro atoms. The Morgan fingerprint density at radius 1 is 0.303 bits per heavy atom. The lowest BCUT2D eigenvalue weighted by Crippen LogP contribution is -2.25. The van der Waals surface area contributed by atoms with E-state index in [4.69, 9.17) is 14.4 Å². The van der Waals surface area contributed by atoms with Gasteiger partial charge >= 0.3 is 0 Å². The molecule has 14 rings (SSSR count). The van der Waals surface area contributed by atoms with Crippen molar-refractivity contribution in [3.63, 3.8) is 0 Å². The predicted octanol–water partition coefficient (Wildman–Crippen LogP) is 16.2. The fourth-order valence-corrected chi connectivity index (χ4v) is 11.3. The first kappa shape index (κ1) is 36.8. The van der Waals surface area contributed by atoms with Crippen LogP contribution in [0.4, 0.5) is 0 Å². The molecule has 0 unspecified atom stereocenters. The van der Waals surface area contributed by atoms with Crippen LogP contribution in [0.2, 0.25) is 0 Å². The van der Waals surface area contributed by atoms with Gasteiger partial charge in [0.1, 0.15) is 11.2 Å². The summed E-state index contributed by atoms with van der Waals surface area (Å²) in [6, 6.07) is 83.4. The van der Waals surface area contributed by atoms with Gasteiger partial charge in [0.05, 0.1) is 16.8 Å². The molecular formula is C63H38N2O. The van der Waals surface area contributed by atoms with Crippen LogP contribution in [0.15, 0.2) is 235 Å². The maximum atomic E-state index is 6.29. The summed E-state index contributed by atoms with van der Waals surface area (Å²) in [5, 5.41) is 4.61. The fraction of sp³-hybridized carbons (Fsp3) is 0.0159.